The molecule has 0 fully saturated rings. The van der Waals surface area contributed by atoms with Crippen molar-refractivity contribution in [1.82, 2.24) is 21.1 Å². The van der Waals surface area contributed by atoms with Crippen LogP contribution in [0.2, 0.25) is 0 Å². The molecule has 10 nitrogen and oxygen atoms in total. The zero-order valence-electron chi connectivity index (χ0n) is 21.3. The molecule has 0 radical (unpaired) electrons. The molecule has 2 atom stereocenters. The normalized spacial score (nSPS) is 13.6. The minimum absolute atomic E-state index is 0.248. The van der Waals surface area contributed by atoms with Gasteiger partial charge in [0.15, 0.2) is 0 Å². The molecule has 1 aromatic rings. The molecule has 4 N–H and O–H groups in total. The van der Waals surface area contributed by atoms with Gasteiger partial charge in [0.05, 0.1) is 7.11 Å². The van der Waals surface area contributed by atoms with E-state index in [2.05, 4.69) is 20.8 Å². The summed E-state index contributed by atoms with van der Waals surface area (Å²) in [4.78, 5) is 37.0. The second-order valence-corrected chi connectivity index (χ2v) is 10.1. The number of aliphatic hydroxyl groups is 1. The van der Waals surface area contributed by atoms with Crippen molar-refractivity contribution in [3.8, 4) is 0 Å². The monoisotopic (exact) mass is 480 g/mol. The first-order valence-electron chi connectivity index (χ1n) is 11.3. The minimum Gasteiger partial charge on any atom is -0.453 e. The molecule has 0 bridgehead atoms. The van der Waals surface area contributed by atoms with Gasteiger partial charge in [0.25, 0.3) is 0 Å². The van der Waals surface area contributed by atoms with Crippen LogP contribution in [0.25, 0.3) is 0 Å². The average molecular weight is 481 g/mol. The molecule has 0 aliphatic rings. The molecule has 1 aromatic carbocycles. The highest BCUT2D eigenvalue weighted by molar-refractivity contribution is 5.86. The van der Waals surface area contributed by atoms with Gasteiger partial charge in [-0.05, 0) is 44.6 Å². The predicted molar refractivity (Wildman–Crippen MR) is 129 cm³/mol. The van der Waals surface area contributed by atoms with Crippen molar-refractivity contribution in [2.75, 3.05) is 20.4 Å². The van der Waals surface area contributed by atoms with Crippen LogP contribution in [0.5, 0.6) is 0 Å². The fraction of sp³-hybridized carbons (Fsp3) is 0.625. The second kappa shape index (κ2) is 13.1. The number of hydrogen-bond donors (Lipinski definition) is 4. The Bertz CT molecular complexity index is 789. The van der Waals surface area contributed by atoms with E-state index in [1.165, 1.54) is 12.1 Å². The highest BCUT2D eigenvalue weighted by atomic mass is 16.6. The lowest BCUT2D eigenvalue weighted by atomic mass is 9.86. The molecule has 0 heterocycles. The van der Waals surface area contributed by atoms with Gasteiger partial charge in [0, 0.05) is 12.6 Å². The number of hydrazine groups is 1. The molecule has 0 aliphatic heterocycles. The van der Waals surface area contributed by atoms with E-state index < -0.39 is 36.0 Å². The van der Waals surface area contributed by atoms with E-state index >= 15 is 0 Å². The number of ether oxygens (including phenoxy) is 2. The number of hydrogen-bond acceptors (Lipinski definition) is 7. The summed E-state index contributed by atoms with van der Waals surface area (Å²) in [5.74, 6) is -0.352. The molecule has 10 heteroatoms. The van der Waals surface area contributed by atoms with E-state index in [4.69, 9.17) is 4.74 Å². The Morgan fingerprint density at radius 3 is 2.12 bits per heavy atom. The third-order valence-corrected chi connectivity index (χ3v) is 4.81. The van der Waals surface area contributed by atoms with E-state index in [1.54, 1.807) is 20.8 Å². The SMILES string of the molecule is COC(=O)N[C@H](C(=O)N[C@H](CCN(CO)NC(=O)OC(C)(C)C)Cc1ccccc1)C(C)(C)C. The summed E-state index contributed by atoms with van der Waals surface area (Å²) in [5.41, 5.74) is 2.28. The molecule has 0 aromatic heterocycles. The maximum absolute atomic E-state index is 13.2. The van der Waals surface area contributed by atoms with Crippen molar-refractivity contribution in [1.29, 1.82) is 0 Å². The van der Waals surface area contributed by atoms with Crippen LogP contribution < -0.4 is 16.1 Å². The lowest BCUT2D eigenvalue weighted by Crippen LogP contribution is -2.56. The van der Waals surface area contributed by atoms with Crippen LogP contribution in [-0.2, 0) is 20.7 Å². The number of nitrogens with zero attached hydrogens (tertiary/aromatic N) is 1. The van der Waals surface area contributed by atoms with Gasteiger partial charge in [0.2, 0.25) is 5.91 Å². The Kier molecular flexibility index (Phi) is 11.3. The summed E-state index contributed by atoms with van der Waals surface area (Å²) in [6.07, 6.45) is -0.442. The molecule has 34 heavy (non-hydrogen) atoms. The average Bonchev–Trinajstić information content (AvgIpc) is 2.72. The van der Waals surface area contributed by atoms with Crippen LogP contribution in [0.4, 0.5) is 9.59 Å². The minimum atomic E-state index is -0.827. The number of benzene rings is 1. The Balaban J connectivity index is 2.94. The second-order valence-electron chi connectivity index (χ2n) is 10.1. The summed E-state index contributed by atoms with van der Waals surface area (Å²) in [5, 5.41) is 16.6. The first-order chi connectivity index (χ1) is 15.7. The van der Waals surface area contributed by atoms with E-state index in [-0.39, 0.29) is 18.5 Å². The topological polar surface area (TPSA) is 129 Å². The molecular weight excluding hydrogens is 440 g/mol. The largest absolute Gasteiger partial charge is 0.453 e. The van der Waals surface area contributed by atoms with E-state index in [9.17, 15) is 19.5 Å². The van der Waals surface area contributed by atoms with Gasteiger partial charge in [0.1, 0.15) is 18.4 Å². The van der Waals surface area contributed by atoms with Crippen molar-refractivity contribution in [3.63, 3.8) is 0 Å². The van der Waals surface area contributed by atoms with Gasteiger partial charge in [-0.1, -0.05) is 51.1 Å². The zero-order chi connectivity index (χ0) is 25.9. The van der Waals surface area contributed by atoms with Crippen molar-refractivity contribution in [2.24, 2.45) is 5.41 Å². The predicted octanol–water partition coefficient (Wildman–Crippen LogP) is 2.57. The molecule has 0 spiro atoms. The molecule has 3 amide bonds. The fourth-order valence-corrected chi connectivity index (χ4v) is 3.16. The van der Waals surface area contributed by atoms with Crippen LogP contribution >= 0.6 is 0 Å². The quantitative estimate of drug-likeness (QED) is 0.299. The number of rotatable bonds is 10. The van der Waals surface area contributed by atoms with E-state index in [0.29, 0.717) is 12.8 Å². The number of aliphatic hydroxyl groups excluding tert-OH is 1. The first kappa shape index (κ1) is 29.2. The van der Waals surface area contributed by atoms with Gasteiger partial charge in [-0.3, -0.25) is 10.2 Å². The Morgan fingerprint density at radius 2 is 1.62 bits per heavy atom. The Morgan fingerprint density at radius 1 is 1.00 bits per heavy atom. The number of carbonyl (C=O) groups excluding carboxylic acids is 3. The van der Waals surface area contributed by atoms with Crippen molar-refractivity contribution in [2.45, 2.75) is 72.1 Å². The first-order valence-corrected chi connectivity index (χ1v) is 11.3. The molecule has 0 aliphatic carbocycles. The molecular formula is C24H40N4O6. The Labute approximate surface area is 202 Å². The van der Waals surface area contributed by atoms with Crippen molar-refractivity contribution < 1.29 is 29.0 Å². The van der Waals surface area contributed by atoms with Gasteiger partial charge >= 0.3 is 12.2 Å². The summed E-state index contributed by atoms with van der Waals surface area (Å²) >= 11 is 0. The maximum Gasteiger partial charge on any atom is 0.422 e. The molecule has 0 unspecified atom stereocenters. The highest BCUT2D eigenvalue weighted by Gasteiger charge is 2.34. The van der Waals surface area contributed by atoms with Crippen LogP contribution in [0.1, 0.15) is 53.5 Å². The number of nitrogens with one attached hydrogen (secondary N) is 3. The van der Waals surface area contributed by atoms with Gasteiger partial charge in [-0.15, -0.1) is 0 Å². The van der Waals surface area contributed by atoms with Crippen LogP contribution in [-0.4, -0.2) is 66.3 Å². The lowest BCUT2D eigenvalue weighted by molar-refractivity contribution is -0.126. The van der Waals surface area contributed by atoms with Crippen LogP contribution in [0.15, 0.2) is 30.3 Å². The Hall–Kier alpha value is -2.85. The van der Waals surface area contributed by atoms with Crippen molar-refractivity contribution in [3.05, 3.63) is 35.9 Å². The summed E-state index contributed by atoms with van der Waals surface area (Å²) in [7, 11) is 1.24. The number of alkyl carbamates (subject to hydrolysis) is 1. The standard InChI is InChI=1S/C24H40N4O6/c1-23(2,3)19(26-21(31)33-7)20(30)25-18(15-17-11-9-8-10-12-17)13-14-28(16-29)27-22(32)34-24(4,5)6/h8-12,18-19,29H,13-16H2,1-7H3,(H,25,30)(H,26,31)(H,27,32)/t18-,19-/m1/s1. The molecule has 192 valence electrons. The molecule has 0 saturated carbocycles. The smallest absolute Gasteiger partial charge is 0.422 e. The third-order valence-electron chi connectivity index (χ3n) is 4.81. The third kappa shape index (κ3) is 11.3. The van der Waals surface area contributed by atoms with Gasteiger partial charge in [-0.2, -0.15) is 5.01 Å². The number of amides is 3. The van der Waals surface area contributed by atoms with Crippen LogP contribution in [0.3, 0.4) is 0 Å². The summed E-state index contributed by atoms with van der Waals surface area (Å²) in [6, 6.07) is 8.47. The highest BCUT2D eigenvalue weighted by Crippen LogP contribution is 2.20. The fourth-order valence-electron chi connectivity index (χ4n) is 3.16. The summed E-state index contributed by atoms with van der Waals surface area (Å²) in [6.45, 7) is 10.6. The van der Waals surface area contributed by atoms with E-state index in [0.717, 1.165) is 5.56 Å². The van der Waals surface area contributed by atoms with Crippen molar-refractivity contribution >= 4 is 18.1 Å². The van der Waals surface area contributed by atoms with Gasteiger partial charge < -0.3 is 25.2 Å². The van der Waals surface area contributed by atoms with Gasteiger partial charge in [-0.25, -0.2) is 9.59 Å². The lowest BCUT2D eigenvalue weighted by Gasteiger charge is -2.32. The molecule has 1 rings (SSSR count). The van der Waals surface area contributed by atoms with Crippen LogP contribution in [0, 0.1) is 5.41 Å². The molecule has 0 saturated heterocycles. The number of carbonyl (C=O) groups is 3. The maximum atomic E-state index is 13.2. The summed E-state index contributed by atoms with van der Waals surface area (Å²) < 4.78 is 9.90. The zero-order valence-corrected chi connectivity index (χ0v) is 21.3. The van der Waals surface area contributed by atoms with E-state index in [1.807, 2.05) is 51.1 Å². The number of methoxy groups -OCH3 is 1.